The summed E-state index contributed by atoms with van der Waals surface area (Å²) in [6, 6.07) is 8.15. The summed E-state index contributed by atoms with van der Waals surface area (Å²) in [5.74, 6) is 1.77. The van der Waals surface area contributed by atoms with Crippen LogP contribution in [-0.2, 0) is 6.54 Å². The van der Waals surface area contributed by atoms with E-state index >= 15 is 0 Å². The molecular formula is C22H40IN5O. The number of piperazine rings is 1. The van der Waals surface area contributed by atoms with Gasteiger partial charge in [-0.3, -0.25) is 4.90 Å². The molecule has 0 atom stereocenters. The first kappa shape index (κ1) is 26.0. The molecule has 1 saturated heterocycles. The van der Waals surface area contributed by atoms with Gasteiger partial charge < -0.3 is 20.3 Å². The highest BCUT2D eigenvalue weighted by molar-refractivity contribution is 14.0. The van der Waals surface area contributed by atoms with Crippen molar-refractivity contribution in [1.29, 1.82) is 0 Å². The number of halogens is 1. The minimum atomic E-state index is -0.218. The fourth-order valence-corrected chi connectivity index (χ4v) is 3.23. The Morgan fingerprint density at radius 3 is 2.31 bits per heavy atom. The monoisotopic (exact) mass is 517 g/mol. The fourth-order valence-electron chi connectivity index (χ4n) is 3.23. The first-order valence-electron chi connectivity index (χ1n) is 10.6. The normalized spacial score (nSPS) is 16.2. The van der Waals surface area contributed by atoms with E-state index in [0.29, 0.717) is 6.54 Å². The largest absolute Gasteiger partial charge is 0.488 e. The number of ether oxygens (including phenoxy) is 1. The maximum Gasteiger partial charge on any atom is 0.191 e. The van der Waals surface area contributed by atoms with Crippen molar-refractivity contribution in [3.63, 3.8) is 0 Å². The fraction of sp³-hybridized carbons (Fsp3) is 0.682. The van der Waals surface area contributed by atoms with Gasteiger partial charge in [-0.05, 0) is 40.3 Å². The van der Waals surface area contributed by atoms with Gasteiger partial charge >= 0.3 is 0 Å². The molecule has 0 aromatic heterocycles. The van der Waals surface area contributed by atoms with E-state index in [2.05, 4.69) is 61.1 Å². The van der Waals surface area contributed by atoms with Gasteiger partial charge in [-0.25, -0.2) is 4.99 Å². The molecule has 6 nitrogen and oxygen atoms in total. The second-order valence-electron chi connectivity index (χ2n) is 8.22. The van der Waals surface area contributed by atoms with Crippen molar-refractivity contribution < 1.29 is 4.74 Å². The lowest BCUT2D eigenvalue weighted by Crippen LogP contribution is -2.49. The van der Waals surface area contributed by atoms with E-state index in [-0.39, 0.29) is 29.6 Å². The Bertz CT molecular complexity index is 609. The van der Waals surface area contributed by atoms with Crippen LogP contribution in [0, 0.1) is 0 Å². The summed E-state index contributed by atoms with van der Waals surface area (Å²) in [6.45, 7) is 19.7. The van der Waals surface area contributed by atoms with E-state index in [4.69, 9.17) is 9.73 Å². The number of aliphatic imine (C=N–C) groups is 1. The van der Waals surface area contributed by atoms with Crippen LogP contribution >= 0.6 is 24.0 Å². The third-order valence-electron chi connectivity index (χ3n) is 4.77. The Hall–Kier alpha value is -1.06. The van der Waals surface area contributed by atoms with E-state index < -0.39 is 0 Å². The first-order valence-corrected chi connectivity index (χ1v) is 10.6. The topological polar surface area (TPSA) is 52.1 Å². The van der Waals surface area contributed by atoms with E-state index in [1.54, 1.807) is 0 Å². The van der Waals surface area contributed by atoms with Gasteiger partial charge in [0.2, 0.25) is 0 Å². The SMILES string of the molecule is CCNC(=NCc1ccccc1OC(C)(C)C)NCCN1CCN(CC)CC1.I. The Morgan fingerprint density at radius 1 is 1.03 bits per heavy atom. The summed E-state index contributed by atoms with van der Waals surface area (Å²) >= 11 is 0. The molecule has 1 aromatic carbocycles. The van der Waals surface area contributed by atoms with Gasteiger partial charge in [0, 0.05) is 51.4 Å². The summed E-state index contributed by atoms with van der Waals surface area (Å²) in [6.07, 6.45) is 0. The average molecular weight is 518 g/mol. The first-order chi connectivity index (χ1) is 13.4. The van der Waals surface area contributed by atoms with Gasteiger partial charge in [-0.2, -0.15) is 0 Å². The van der Waals surface area contributed by atoms with Gasteiger partial charge in [0.15, 0.2) is 5.96 Å². The molecular weight excluding hydrogens is 477 g/mol. The minimum Gasteiger partial charge on any atom is -0.488 e. The van der Waals surface area contributed by atoms with Gasteiger partial charge in [0.05, 0.1) is 6.54 Å². The van der Waals surface area contributed by atoms with Gasteiger partial charge in [0.25, 0.3) is 0 Å². The number of hydrogen-bond donors (Lipinski definition) is 2. The van der Waals surface area contributed by atoms with Crippen LogP contribution in [0.4, 0.5) is 0 Å². The van der Waals surface area contributed by atoms with Crippen LogP contribution in [0.25, 0.3) is 0 Å². The molecule has 166 valence electrons. The van der Waals surface area contributed by atoms with Gasteiger partial charge in [-0.15, -0.1) is 24.0 Å². The van der Waals surface area contributed by atoms with Gasteiger partial charge in [-0.1, -0.05) is 25.1 Å². The predicted molar refractivity (Wildman–Crippen MR) is 134 cm³/mol. The van der Waals surface area contributed by atoms with Crippen molar-refractivity contribution in [2.24, 2.45) is 4.99 Å². The highest BCUT2D eigenvalue weighted by Crippen LogP contribution is 2.23. The maximum atomic E-state index is 6.08. The molecule has 1 fully saturated rings. The Labute approximate surface area is 194 Å². The van der Waals surface area contributed by atoms with E-state index in [1.165, 1.54) is 13.1 Å². The number of hydrogen-bond acceptors (Lipinski definition) is 4. The number of nitrogens with zero attached hydrogens (tertiary/aromatic N) is 3. The lowest BCUT2D eigenvalue weighted by molar-refractivity contribution is 0.129. The molecule has 1 aromatic rings. The zero-order valence-electron chi connectivity index (χ0n) is 18.8. The summed E-state index contributed by atoms with van der Waals surface area (Å²) < 4.78 is 6.08. The predicted octanol–water partition coefficient (Wildman–Crippen LogP) is 3.17. The quantitative estimate of drug-likeness (QED) is 0.315. The molecule has 1 aliphatic rings. The number of guanidine groups is 1. The molecule has 0 unspecified atom stereocenters. The molecule has 0 bridgehead atoms. The highest BCUT2D eigenvalue weighted by atomic mass is 127. The Balaban J connectivity index is 0.00000420. The maximum absolute atomic E-state index is 6.08. The van der Waals surface area contributed by atoms with Crippen molar-refractivity contribution in [2.75, 3.05) is 52.4 Å². The molecule has 0 radical (unpaired) electrons. The lowest BCUT2D eigenvalue weighted by atomic mass is 10.1. The number of nitrogens with one attached hydrogen (secondary N) is 2. The van der Waals surface area contributed by atoms with Crippen molar-refractivity contribution in [3.8, 4) is 5.75 Å². The van der Waals surface area contributed by atoms with Crippen LogP contribution in [0.15, 0.2) is 29.3 Å². The van der Waals surface area contributed by atoms with Crippen LogP contribution in [0.1, 0.15) is 40.2 Å². The Kier molecular flexibility index (Phi) is 11.9. The van der Waals surface area contributed by atoms with Crippen LogP contribution < -0.4 is 15.4 Å². The third-order valence-corrected chi connectivity index (χ3v) is 4.77. The molecule has 29 heavy (non-hydrogen) atoms. The summed E-state index contributed by atoms with van der Waals surface area (Å²) in [5, 5.41) is 6.82. The van der Waals surface area contributed by atoms with Crippen LogP contribution in [0.3, 0.4) is 0 Å². The second-order valence-corrected chi connectivity index (χ2v) is 8.22. The molecule has 7 heteroatoms. The number of rotatable bonds is 8. The molecule has 0 aliphatic carbocycles. The van der Waals surface area contributed by atoms with Crippen molar-refractivity contribution >= 4 is 29.9 Å². The zero-order valence-corrected chi connectivity index (χ0v) is 21.2. The summed E-state index contributed by atoms with van der Waals surface area (Å²) in [4.78, 5) is 9.80. The van der Waals surface area contributed by atoms with Crippen LogP contribution in [0.2, 0.25) is 0 Å². The smallest absolute Gasteiger partial charge is 0.191 e. The van der Waals surface area contributed by atoms with Crippen molar-refractivity contribution in [3.05, 3.63) is 29.8 Å². The lowest BCUT2D eigenvalue weighted by Gasteiger charge is -2.34. The highest BCUT2D eigenvalue weighted by Gasteiger charge is 2.15. The zero-order chi connectivity index (χ0) is 20.4. The van der Waals surface area contributed by atoms with E-state index in [1.807, 2.05) is 18.2 Å². The van der Waals surface area contributed by atoms with Crippen LogP contribution in [0.5, 0.6) is 5.75 Å². The molecule has 1 heterocycles. The van der Waals surface area contributed by atoms with Crippen LogP contribution in [-0.4, -0.2) is 73.7 Å². The number of para-hydroxylation sites is 1. The summed E-state index contributed by atoms with van der Waals surface area (Å²) in [5.41, 5.74) is 0.884. The third kappa shape index (κ3) is 10.00. The van der Waals surface area contributed by atoms with Gasteiger partial charge in [0.1, 0.15) is 11.4 Å². The van der Waals surface area contributed by atoms with E-state index in [9.17, 15) is 0 Å². The Morgan fingerprint density at radius 2 is 1.69 bits per heavy atom. The standard InChI is InChI=1S/C22H39N5O.HI/c1-6-23-21(24-12-13-27-16-14-26(7-2)15-17-27)25-18-19-10-8-9-11-20(19)28-22(3,4)5;/h8-11H,6-7,12-18H2,1-5H3,(H2,23,24,25);1H. The molecule has 0 saturated carbocycles. The molecule has 0 amide bonds. The minimum absolute atomic E-state index is 0. The molecule has 2 rings (SSSR count). The summed E-state index contributed by atoms with van der Waals surface area (Å²) in [7, 11) is 0. The van der Waals surface area contributed by atoms with E-state index in [0.717, 1.165) is 56.5 Å². The van der Waals surface area contributed by atoms with Crippen molar-refractivity contribution in [2.45, 2.75) is 46.8 Å². The average Bonchev–Trinajstić information content (AvgIpc) is 2.66. The molecule has 0 spiro atoms. The number of benzene rings is 1. The molecule has 2 N–H and O–H groups in total. The second kappa shape index (κ2) is 13.3. The van der Waals surface area contributed by atoms with Crippen molar-refractivity contribution in [1.82, 2.24) is 20.4 Å². The molecule has 1 aliphatic heterocycles. The number of likely N-dealkylation sites (N-methyl/N-ethyl adjacent to an activating group) is 1.